The molecule has 0 atom stereocenters. The Bertz CT molecular complexity index is 879. The van der Waals surface area contributed by atoms with Crippen LogP contribution < -0.4 is 0 Å². The van der Waals surface area contributed by atoms with Crippen LogP contribution in [-0.4, -0.2) is 36.8 Å². The highest BCUT2D eigenvalue weighted by molar-refractivity contribution is 7.89. The molecule has 1 aromatic heterocycles. The van der Waals surface area contributed by atoms with Crippen LogP contribution in [0.3, 0.4) is 0 Å². The third-order valence-electron chi connectivity index (χ3n) is 3.93. The molecule has 26 heavy (non-hydrogen) atoms. The Balaban J connectivity index is 2.23. The van der Waals surface area contributed by atoms with Crippen molar-refractivity contribution in [3.05, 3.63) is 58.4 Å². The minimum Gasteiger partial charge on any atom is -0.457 e. The van der Waals surface area contributed by atoms with Crippen LogP contribution in [0.25, 0.3) is 0 Å². The lowest BCUT2D eigenvalue weighted by molar-refractivity contribution is 0.0471. The molecule has 0 N–H and O–H groups in total. The van der Waals surface area contributed by atoms with Gasteiger partial charge in [-0.25, -0.2) is 18.2 Å². The van der Waals surface area contributed by atoms with Crippen molar-refractivity contribution in [2.24, 2.45) is 0 Å². The third-order valence-corrected chi connectivity index (χ3v) is 6.20. The summed E-state index contributed by atoms with van der Waals surface area (Å²) in [5, 5.41) is 0.352. The van der Waals surface area contributed by atoms with Crippen molar-refractivity contribution in [2.45, 2.75) is 32.3 Å². The largest absolute Gasteiger partial charge is 0.457 e. The molecule has 1 aromatic carbocycles. The van der Waals surface area contributed by atoms with E-state index in [1.165, 1.54) is 22.6 Å². The van der Waals surface area contributed by atoms with E-state index in [1.54, 1.807) is 39.0 Å². The molecule has 0 saturated heterocycles. The molecule has 0 bridgehead atoms. The molecule has 8 heteroatoms. The van der Waals surface area contributed by atoms with Crippen LogP contribution >= 0.6 is 11.6 Å². The molecule has 0 spiro atoms. The van der Waals surface area contributed by atoms with E-state index in [1.807, 2.05) is 0 Å². The summed E-state index contributed by atoms with van der Waals surface area (Å²) in [6.07, 6.45) is 1.52. The minimum absolute atomic E-state index is 0.0233. The Morgan fingerprint density at radius 1 is 1.19 bits per heavy atom. The van der Waals surface area contributed by atoms with E-state index in [-0.39, 0.29) is 17.1 Å². The number of rotatable bonds is 7. The van der Waals surface area contributed by atoms with Crippen LogP contribution in [0.5, 0.6) is 0 Å². The first-order valence-corrected chi connectivity index (χ1v) is 9.99. The fourth-order valence-electron chi connectivity index (χ4n) is 2.41. The Hall–Kier alpha value is -1.96. The third kappa shape index (κ3) is 4.60. The average Bonchev–Trinajstić information content (AvgIpc) is 2.62. The summed E-state index contributed by atoms with van der Waals surface area (Å²) in [7, 11) is -3.64. The molecule has 0 aliphatic carbocycles. The molecule has 2 rings (SSSR count). The first-order chi connectivity index (χ1) is 12.3. The van der Waals surface area contributed by atoms with E-state index >= 15 is 0 Å². The van der Waals surface area contributed by atoms with Gasteiger partial charge in [0.25, 0.3) is 0 Å². The van der Waals surface area contributed by atoms with Crippen molar-refractivity contribution >= 4 is 27.6 Å². The predicted molar refractivity (Wildman–Crippen MR) is 99.7 cm³/mol. The van der Waals surface area contributed by atoms with E-state index in [4.69, 9.17) is 16.3 Å². The first-order valence-electron chi connectivity index (χ1n) is 8.18. The van der Waals surface area contributed by atoms with Crippen LogP contribution in [0.2, 0.25) is 5.15 Å². The van der Waals surface area contributed by atoms with Gasteiger partial charge in [-0.3, -0.25) is 0 Å². The van der Waals surface area contributed by atoms with Crippen molar-refractivity contribution < 1.29 is 17.9 Å². The zero-order chi connectivity index (χ0) is 19.3. The highest BCUT2D eigenvalue weighted by Crippen LogP contribution is 2.20. The van der Waals surface area contributed by atoms with Gasteiger partial charge in [-0.15, -0.1) is 0 Å². The SMILES string of the molecule is CCN(CC)S(=O)(=O)c1ccc(C)c(C(=O)OCc2ccc(Cl)nc2)c1. The fourth-order valence-corrected chi connectivity index (χ4v) is 4.01. The van der Waals surface area contributed by atoms with Gasteiger partial charge in [-0.05, 0) is 30.7 Å². The maximum absolute atomic E-state index is 12.6. The number of benzene rings is 1. The number of nitrogens with zero attached hydrogens (tertiary/aromatic N) is 2. The monoisotopic (exact) mass is 396 g/mol. The molecule has 0 fully saturated rings. The number of hydrogen-bond donors (Lipinski definition) is 0. The van der Waals surface area contributed by atoms with E-state index in [0.717, 1.165) is 0 Å². The van der Waals surface area contributed by atoms with Gasteiger partial charge in [0.15, 0.2) is 0 Å². The van der Waals surface area contributed by atoms with Crippen LogP contribution in [0.4, 0.5) is 0 Å². The molecule has 0 aliphatic rings. The Labute approximate surface area is 158 Å². The van der Waals surface area contributed by atoms with Crippen LogP contribution in [0, 0.1) is 6.92 Å². The molecular weight excluding hydrogens is 376 g/mol. The number of pyridine rings is 1. The number of sulfonamides is 1. The Morgan fingerprint density at radius 3 is 2.46 bits per heavy atom. The molecule has 140 valence electrons. The Morgan fingerprint density at radius 2 is 1.88 bits per heavy atom. The molecule has 0 radical (unpaired) electrons. The van der Waals surface area contributed by atoms with Gasteiger partial charge in [0.2, 0.25) is 10.0 Å². The molecule has 0 saturated carbocycles. The van der Waals surface area contributed by atoms with Crippen molar-refractivity contribution in [3.63, 3.8) is 0 Å². The maximum atomic E-state index is 12.6. The van der Waals surface area contributed by atoms with Crippen molar-refractivity contribution in [3.8, 4) is 0 Å². The second-order valence-corrected chi connectivity index (χ2v) is 7.96. The number of ether oxygens (including phenoxy) is 1. The summed E-state index contributed by atoms with van der Waals surface area (Å²) >= 11 is 5.72. The number of halogens is 1. The average molecular weight is 397 g/mol. The minimum atomic E-state index is -3.64. The zero-order valence-electron chi connectivity index (χ0n) is 14.9. The van der Waals surface area contributed by atoms with E-state index in [9.17, 15) is 13.2 Å². The maximum Gasteiger partial charge on any atom is 0.338 e. The van der Waals surface area contributed by atoms with Crippen LogP contribution in [0.15, 0.2) is 41.4 Å². The van der Waals surface area contributed by atoms with Crippen LogP contribution in [-0.2, 0) is 21.4 Å². The van der Waals surface area contributed by atoms with E-state index < -0.39 is 16.0 Å². The van der Waals surface area contributed by atoms with Crippen molar-refractivity contribution in [1.82, 2.24) is 9.29 Å². The lowest BCUT2D eigenvalue weighted by Crippen LogP contribution is -2.30. The summed E-state index contributed by atoms with van der Waals surface area (Å²) in [4.78, 5) is 16.4. The highest BCUT2D eigenvalue weighted by atomic mass is 35.5. The molecule has 0 amide bonds. The van der Waals surface area contributed by atoms with Crippen LogP contribution in [0.1, 0.15) is 35.3 Å². The van der Waals surface area contributed by atoms with Gasteiger partial charge in [-0.2, -0.15) is 4.31 Å². The van der Waals surface area contributed by atoms with Gasteiger partial charge < -0.3 is 4.74 Å². The van der Waals surface area contributed by atoms with Gasteiger partial charge in [0.1, 0.15) is 11.8 Å². The topological polar surface area (TPSA) is 76.6 Å². The number of aromatic nitrogens is 1. The summed E-state index contributed by atoms with van der Waals surface area (Å²) < 4.78 is 31.9. The number of hydrogen-bond acceptors (Lipinski definition) is 5. The summed E-state index contributed by atoms with van der Waals surface area (Å²) in [6, 6.07) is 7.79. The van der Waals surface area contributed by atoms with Gasteiger partial charge in [0.05, 0.1) is 10.5 Å². The van der Waals surface area contributed by atoms with Crippen molar-refractivity contribution in [1.29, 1.82) is 0 Å². The Kier molecular flexibility index (Phi) is 6.75. The smallest absolute Gasteiger partial charge is 0.338 e. The molecule has 0 unspecified atom stereocenters. The van der Waals surface area contributed by atoms with E-state index in [0.29, 0.717) is 29.4 Å². The number of aryl methyl sites for hydroxylation is 1. The molecule has 2 aromatic rings. The van der Waals surface area contributed by atoms with E-state index in [2.05, 4.69) is 4.98 Å². The molecular formula is C18H21ClN2O4S. The summed E-state index contributed by atoms with van der Waals surface area (Å²) in [6.45, 7) is 6.00. The zero-order valence-corrected chi connectivity index (χ0v) is 16.5. The predicted octanol–water partition coefficient (Wildman–Crippen LogP) is 3.43. The lowest BCUT2D eigenvalue weighted by Gasteiger charge is -2.19. The highest BCUT2D eigenvalue weighted by Gasteiger charge is 2.23. The van der Waals surface area contributed by atoms with Gasteiger partial charge >= 0.3 is 5.97 Å². The molecule has 1 heterocycles. The number of carbonyl (C=O) groups excluding carboxylic acids is 1. The van der Waals surface area contributed by atoms with Gasteiger partial charge in [-0.1, -0.05) is 37.6 Å². The fraction of sp³-hybridized carbons (Fsp3) is 0.333. The summed E-state index contributed by atoms with van der Waals surface area (Å²) in [5.74, 6) is -0.589. The number of esters is 1. The van der Waals surface area contributed by atoms with Gasteiger partial charge in [0, 0.05) is 24.8 Å². The normalized spacial score (nSPS) is 11.6. The second-order valence-electron chi connectivity index (χ2n) is 5.63. The molecule has 6 nitrogen and oxygen atoms in total. The quantitative estimate of drug-likeness (QED) is 0.529. The standard InChI is InChI=1S/C18H21ClN2O4S/c1-4-21(5-2)26(23,24)15-8-6-13(3)16(10-15)18(22)25-12-14-7-9-17(19)20-11-14/h6-11H,4-5,12H2,1-3H3. The summed E-state index contributed by atoms with van der Waals surface area (Å²) in [5.41, 5.74) is 1.55. The first kappa shape index (κ1) is 20.4. The van der Waals surface area contributed by atoms with Crippen molar-refractivity contribution in [2.75, 3.05) is 13.1 Å². The molecule has 0 aliphatic heterocycles. The lowest BCUT2D eigenvalue weighted by atomic mass is 10.1. The number of carbonyl (C=O) groups is 1. The second kappa shape index (κ2) is 8.62.